The Morgan fingerprint density at radius 3 is 2.52 bits per heavy atom. The van der Waals surface area contributed by atoms with Crippen molar-refractivity contribution in [1.29, 1.82) is 0 Å². The van der Waals surface area contributed by atoms with Crippen molar-refractivity contribution in [3.63, 3.8) is 0 Å². The fourth-order valence-electron chi connectivity index (χ4n) is 1.97. The molecule has 2 rings (SSSR count). The van der Waals surface area contributed by atoms with E-state index in [0.717, 1.165) is 6.20 Å². The van der Waals surface area contributed by atoms with E-state index in [0.29, 0.717) is 5.56 Å². The Kier molecular flexibility index (Phi) is 5.30. The summed E-state index contributed by atoms with van der Waals surface area (Å²) in [7, 11) is 0. The first-order valence-electron chi connectivity index (χ1n) is 7.04. The highest BCUT2D eigenvalue weighted by Gasteiger charge is 2.30. The number of amides is 1. The lowest BCUT2D eigenvalue weighted by atomic mass is 10.1. The Hall–Kier alpha value is -3.04. The van der Waals surface area contributed by atoms with Crippen molar-refractivity contribution >= 4 is 11.9 Å². The van der Waals surface area contributed by atoms with E-state index in [9.17, 15) is 22.8 Å². The Labute approximate surface area is 139 Å². The van der Waals surface area contributed by atoms with Gasteiger partial charge in [-0.15, -0.1) is 0 Å². The molecule has 10 heteroatoms. The molecule has 1 aromatic carbocycles. The van der Waals surface area contributed by atoms with E-state index >= 15 is 0 Å². The number of benzene rings is 1. The number of hydrogen-bond acceptors (Lipinski definition) is 4. The third-order valence-corrected chi connectivity index (χ3v) is 3.23. The van der Waals surface area contributed by atoms with Crippen molar-refractivity contribution in [1.82, 2.24) is 15.5 Å². The number of aromatic carboxylic acids is 1. The number of alkyl halides is 3. The van der Waals surface area contributed by atoms with Gasteiger partial charge in [-0.05, 0) is 24.6 Å². The number of carboxylic acid groups (broad SMARTS) is 1. The van der Waals surface area contributed by atoms with Gasteiger partial charge in [0.25, 0.3) is 5.91 Å². The zero-order valence-electron chi connectivity index (χ0n) is 12.9. The molecule has 0 aliphatic carbocycles. The number of carbonyl (C=O) groups excluding carboxylic acids is 1. The number of nitrogens with zero attached hydrogens (tertiary/aromatic N) is 1. The number of carboxylic acids is 1. The highest BCUT2D eigenvalue weighted by Crippen LogP contribution is 2.21. The van der Waals surface area contributed by atoms with Gasteiger partial charge in [-0.3, -0.25) is 4.79 Å². The van der Waals surface area contributed by atoms with Crippen LogP contribution in [0.1, 0.15) is 39.2 Å². The smallest absolute Gasteiger partial charge is 0.422 e. The Bertz CT molecular complexity index is 756. The van der Waals surface area contributed by atoms with Gasteiger partial charge in [0.15, 0.2) is 6.61 Å². The first-order valence-corrected chi connectivity index (χ1v) is 7.04. The average molecular weight is 357 g/mol. The molecule has 1 heterocycles. The van der Waals surface area contributed by atoms with Gasteiger partial charge in [-0.2, -0.15) is 18.3 Å². The summed E-state index contributed by atoms with van der Waals surface area (Å²) < 4.78 is 41.1. The maximum atomic E-state index is 12.2. The minimum absolute atomic E-state index is 0.0972. The number of rotatable bonds is 6. The maximum Gasteiger partial charge on any atom is 0.422 e. The fraction of sp³-hybridized carbons (Fsp3) is 0.267. The largest absolute Gasteiger partial charge is 0.478 e. The summed E-state index contributed by atoms with van der Waals surface area (Å²) in [6.45, 7) is 0.0890. The third kappa shape index (κ3) is 4.96. The van der Waals surface area contributed by atoms with Gasteiger partial charge in [0.2, 0.25) is 5.88 Å². The molecule has 1 atom stereocenters. The molecule has 134 valence electrons. The second kappa shape index (κ2) is 7.24. The predicted octanol–water partition coefficient (Wildman–Crippen LogP) is 2.54. The molecule has 7 nitrogen and oxygen atoms in total. The molecule has 0 aliphatic rings. The predicted molar refractivity (Wildman–Crippen MR) is 79.4 cm³/mol. The molecule has 0 aliphatic heterocycles. The molecule has 0 unspecified atom stereocenters. The van der Waals surface area contributed by atoms with Crippen molar-refractivity contribution < 1.29 is 32.6 Å². The molecule has 0 spiro atoms. The average Bonchev–Trinajstić information content (AvgIpc) is 3.01. The number of carbonyl (C=O) groups is 2. The maximum absolute atomic E-state index is 12.2. The third-order valence-electron chi connectivity index (χ3n) is 3.23. The first kappa shape index (κ1) is 18.3. The summed E-state index contributed by atoms with van der Waals surface area (Å²) in [5.74, 6) is -2.14. The van der Waals surface area contributed by atoms with Crippen molar-refractivity contribution in [2.24, 2.45) is 0 Å². The molecule has 0 radical (unpaired) electrons. The monoisotopic (exact) mass is 357 g/mol. The molecule has 0 bridgehead atoms. The molecule has 0 saturated carbocycles. The Morgan fingerprint density at radius 1 is 1.32 bits per heavy atom. The normalized spacial score (nSPS) is 12.5. The van der Waals surface area contributed by atoms with E-state index in [1.54, 1.807) is 6.92 Å². The van der Waals surface area contributed by atoms with Crippen molar-refractivity contribution in [3.05, 3.63) is 47.2 Å². The van der Waals surface area contributed by atoms with Crippen molar-refractivity contribution in [2.45, 2.75) is 19.1 Å². The zero-order valence-corrected chi connectivity index (χ0v) is 12.9. The van der Waals surface area contributed by atoms with E-state index in [4.69, 9.17) is 5.11 Å². The summed E-state index contributed by atoms with van der Waals surface area (Å²) in [4.78, 5) is 23.0. The van der Waals surface area contributed by atoms with E-state index in [1.807, 2.05) is 0 Å². The van der Waals surface area contributed by atoms with E-state index in [2.05, 4.69) is 20.3 Å². The number of H-pyrrole nitrogens is 1. The van der Waals surface area contributed by atoms with Crippen LogP contribution in [0.3, 0.4) is 0 Å². The highest BCUT2D eigenvalue weighted by molar-refractivity contribution is 5.96. The number of aromatic amines is 1. The SMILES string of the molecule is C[C@@H](NC(=O)c1cn[nH]c1OCC(F)(F)F)c1ccc(C(=O)O)cc1. The van der Waals surface area contributed by atoms with E-state index < -0.39 is 30.7 Å². The number of nitrogens with one attached hydrogen (secondary N) is 2. The van der Waals surface area contributed by atoms with Crippen LogP contribution in [-0.2, 0) is 0 Å². The molecule has 25 heavy (non-hydrogen) atoms. The van der Waals surface area contributed by atoms with Gasteiger partial charge in [0, 0.05) is 0 Å². The van der Waals surface area contributed by atoms with Crippen LogP contribution < -0.4 is 10.1 Å². The highest BCUT2D eigenvalue weighted by atomic mass is 19.4. The number of ether oxygens (including phenoxy) is 1. The van der Waals surface area contributed by atoms with Crippen LogP contribution in [-0.4, -0.2) is 40.0 Å². The topological polar surface area (TPSA) is 104 Å². The minimum atomic E-state index is -4.54. The number of halogens is 3. The Morgan fingerprint density at radius 2 is 1.96 bits per heavy atom. The van der Waals surface area contributed by atoms with Gasteiger partial charge in [-0.1, -0.05) is 12.1 Å². The molecule has 2 aromatic rings. The van der Waals surface area contributed by atoms with E-state index in [1.165, 1.54) is 24.3 Å². The van der Waals surface area contributed by atoms with Crippen LogP contribution in [0.5, 0.6) is 5.88 Å². The number of aromatic nitrogens is 2. The van der Waals surface area contributed by atoms with E-state index in [-0.39, 0.29) is 17.0 Å². The lowest BCUT2D eigenvalue weighted by molar-refractivity contribution is -0.154. The zero-order chi connectivity index (χ0) is 18.6. The minimum Gasteiger partial charge on any atom is -0.478 e. The molecular weight excluding hydrogens is 343 g/mol. The van der Waals surface area contributed by atoms with Gasteiger partial charge < -0.3 is 15.2 Å². The van der Waals surface area contributed by atoms with Crippen LogP contribution in [0.4, 0.5) is 13.2 Å². The molecule has 0 saturated heterocycles. The second-order valence-electron chi connectivity index (χ2n) is 5.14. The van der Waals surface area contributed by atoms with Crippen molar-refractivity contribution in [3.8, 4) is 5.88 Å². The molecule has 0 fully saturated rings. The summed E-state index contributed by atoms with van der Waals surface area (Å²) in [5.41, 5.74) is 0.554. The van der Waals surface area contributed by atoms with Gasteiger partial charge in [0.1, 0.15) is 5.56 Å². The molecule has 1 aromatic heterocycles. The van der Waals surface area contributed by atoms with Crippen LogP contribution in [0.2, 0.25) is 0 Å². The summed E-state index contributed by atoms with van der Waals surface area (Å²) in [5, 5.41) is 17.1. The van der Waals surface area contributed by atoms with Crippen LogP contribution >= 0.6 is 0 Å². The fourth-order valence-corrected chi connectivity index (χ4v) is 1.97. The quantitative estimate of drug-likeness (QED) is 0.737. The lowest BCUT2D eigenvalue weighted by Gasteiger charge is -2.15. The lowest BCUT2D eigenvalue weighted by Crippen LogP contribution is -2.27. The van der Waals surface area contributed by atoms with Crippen LogP contribution in [0.15, 0.2) is 30.5 Å². The van der Waals surface area contributed by atoms with Crippen molar-refractivity contribution in [2.75, 3.05) is 6.61 Å². The Balaban J connectivity index is 2.04. The standard InChI is InChI=1S/C15H14F3N3O4/c1-8(9-2-4-10(5-3-9)14(23)24)20-12(22)11-6-19-21-13(11)25-7-15(16,17)18/h2-6,8H,7H2,1H3,(H,19,21)(H,20,22)(H,23,24)/t8-/m1/s1. The van der Waals surface area contributed by atoms with Gasteiger partial charge >= 0.3 is 12.1 Å². The summed E-state index contributed by atoms with van der Waals surface area (Å²) in [6, 6.07) is 5.32. The van der Waals surface area contributed by atoms with Gasteiger partial charge in [-0.25, -0.2) is 9.89 Å². The summed E-state index contributed by atoms with van der Waals surface area (Å²) >= 11 is 0. The first-order chi connectivity index (χ1) is 11.7. The number of hydrogen-bond donors (Lipinski definition) is 3. The molecule has 3 N–H and O–H groups in total. The van der Waals surface area contributed by atoms with Gasteiger partial charge in [0.05, 0.1) is 17.8 Å². The second-order valence-corrected chi connectivity index (χ2v) is 5.14. The molecular formula is C15H14F3N3O4. The summed E-state index contributed by atoms with van der Waals surface area (Å²) in [6.07, 6.45) is -3.49. The molecule has 1 amide bonds. The van der Waals surface area contributed by atoms with Crippen LogP contribution in [0, 0.1) is 0 Å². The van der Waals surface area contributed by atoms with Crippen LogP contribution in [0.25, 0.3) is 0 Å².